The van der Waals surface area contributed by atoms with E-state index in [2.05, 4.69) is 0 Å². The Balaban J connectivity index is 2.01. The third kappa shape index (κ3) is 4.03. The lowest BCUT2D eigenvalue weighted by molar-refractivity contribution is -0.127. The molecular weight excluding hydrogens is 312 g/mol. The van der Waals surface area contributed by atoms with Crippen LogP contribution in [0.3, 0.4) is 0 Å². The molecule has 0 heterocycles. The minimum absolute atomic E-state index is 0.00801. The van der Waals surface area contributed by atoms with Gasteiger partial charge in [-0.05, 0) is 25.3 Å². The summed E-state index contributed by atoms with van der Waals surface area (Å²) in [6, 6.07) is 8.52. The second-order valence-electron chi connectivity index (χ2n) is 5.69. The van der Waals surface area contributed by atoms with Gasteiger partial charge in [-0.1, -0.05) is 30.3 Å². The molecule has 1 aliphatic carbocycles. The monoisotopic (exact) mass is 331 g/mol. The normalized spacial score (nSPS) is 20.3. The van der Waals surface area contributed by atoms with Gasteiger partial charge < -0.3 is 0 Å². The number of amides is 1. The summed E-state index contributed by atoms with van der Waals surface area (Å²) in [6.45, 7) is 1.49. The molecule has 1 saturated carbocycles. The van der Waals surface area contributed by atoms with Crippen LogP contribution in [-0.4, -0.2) is 20.2 Å². The van der Waals surface area contributed by atoms with Gasteiger partial charge in [0.1, 0.15) is 5.25 Å². The number of halogens is 2. The molecule has 1 N–H and O–H groups in total. The molecule has 1 fully saturated rings. The predicted octanol–water partition coefficient (Wildman–Crippen LogP) is 3.02. The smallest absolute Gasteiger partial charge is 0.248 e. The van der Waals surface area contributed by atoms with Crippen molar-refractivity contribution in [3.05, 3.63) is 35.9 Å². The van der Waals surface area contributed by atoms with E-state index in [1.54, 1.807) is 30.3 Å². The highest BCUT2D eigenvalue weighted by Gasteiger charge is 2.38. The van der Waals surface area contributed by atoms with E-state index in [9.17, 15) is 22.0 Å². The first-order valence-electron chi connectivity index (χ1n) is 7.19. The number of sulfonamides is 1. The van der Waals surface area contributed by atoms with E-state index in [1.807, 2.05) is 4.72 Å². The number of carbonyl (C=O) groups is 1. The molecule has 7 heteroatoms. The molecule has 1 unspecified atom stereocenters. The summed E-state index contributed by atoms with van der Waals surface area (Å²) in [5, 5.41) is -0.886. The fourth-order valence-electron chi connectivity index (χ4n) is 2.52. The largest absolute Gasteiger partial charge is 0.274 e. The van der Waals surface area contributed by atoms with Crippen LogP contribution in [0.5, 0.6) is 0 Å². The molecule has 1 aromatic carbocycles. The molecule has 0 aromatic heterocycles. The molecule has 1 aromatic rings. The van der Waals surface area contributed by atoms with E-state index in [0.717, 1.165) is 0 Å². The van der Waals surface area contributed by atoms with Crippen molar-refractivity contribution in [1.29, 1.82) is 0 Å². The molecular formula is C15H19F2NO3S. The maximum atomic E-state index is 13.1. The van der Waals surface area contributed by atoms with Gasteiger partial charge in [-0.2, -0.15) is 0 Å². The minimum Gasteiger partial charge on any atom is -0.274 e. The molecule has 0 radical (unpaired) electrons. The van der Waals surface area contributed by atoms with Gasteiger partial charge in [-0.25, -0.2) is 17.2 Å². The summed E-state index contributed by atoms with van der Waals surface area (Å²) in [7, 11) is -3.88. The van der Waals surface area contributed by atoms with Crippen molar-refractivity contribution in [1.82, 2.24) is 4.72 Å². The molecule has 0 aliphatic heterocycles. The lowest BCUT2D eigenvalue weighted by atomic mass is 9.86. The summed E-state index contributed by atoms with van der Waals surface area (Å²) in [6.07, 6.45) is -0.735. The molecule has 22 heavy (non-hydrogen) atoms. The maximum absolute atomic E-state index is 13.1. The Bertz CT molecular complexity index is 621. The highest BCUT2D eigenvalue weighted by Crippen LogP contribution is 2.36. The van der Waals surface area contributed by atoms with Gasteiger partial charge in [0.25, 0.3) is 0 Å². The van der Waals surface area contributed by atoms with Crippen molar-refractivity contribution >= 4 is 15.9 Å². The van der Waals surface area contributed by atoms with Crippen molar-refractivity contribution in [2.75, 3.05) is 0 Å². The topological polar surface area (TPSA) is 63.2 Å². The second-order valence-corrected chi connectivity index (χ2v) is 7.70. The Labute approximate surface area is 129 Å². The number of rotatable bonds is 4. The number of hydrogen-bond acceptors (Lipinski definition) is 3. The summed E-state index contributed by atoms with van der Waals surface area (Å²) in [4.78, 5) is 12.0. The number of benzene rings is 1. The number of alkyl halides is 2. The molecule has 1 aliphatic rings. The van der Waals surface area contributed by atoms with E-state index in [1.165, 1.54) is 6.92 Å². The Morgan fingerprint density at radius 3 is 2.32 bits per heavy atom. The summed E-state index contributed by atoms with van der Waals surface area (Å²) >= 11 is 0. The minimum atomic E-state index is -3.88. The van der Waals surface area contributed by atoms with Gasteiger partial charge in [0.2, 0.25) is 21.9 Å². The van der Waals surface area contributed by atoms with E-state index in [0.29, 0.717) is 5.56 Å². The average molecular weight is 331 g/mol. The summed E-state index contributed by atoms with van der Waals surface area (Å²) < 4.78 is 52.7. The van der Waals surface area contributed by atoms with Crippen LogP contribution < -0.4 is 4.72 Å². The zero-order valence-electron chi connectivity index (χ0n) is 12.3. The van der Waals surface area contributed by atoms with E-state index in [-0.39, 0.29) is 25.7 Å². The maximum Gasteiger partial charge on any atom is 0.248 e. The predicted molar refractivity (Wildman–Crippen MR) is 78.8 cm³/mol. The Morgan fingerprint density at radius 2 is 1.77 bits per heavy atom. The fourth-order valence-corrected chi connectivity index (χ4v) is 3.66. The van der Waals surface area contributed by atoms with Crippen molar-refractivity contribution in [2.45, 2.75) is 43.8 Å². The van der Waals surface area contributed by atoms with Crippen LogP contribution >= 0.6 is 0 Å². The second kappa shape index (κ2) is 6.32. The van der Waals surface area contributed by atoms with Crippen LogP contribution in [-0.2, 0) is 14.8 Å². The number of carbonyl (C=O) groups excluding carboxylic acids is 1. The van der Waals surface area contributed by atoms with Crippen LogP contribution in [0.1, 0.15) is 43.4 Å². The molecule has 1 amide bonds. The van der Waals surface area contributed by atoms with Crippen LogP contribution in [0.25, 0.3) is 0 Å². The average Bonchev–Trinajstić information content (AvgIpc) is 2.46. The van der Waals surface area contributed by atoms with Crippen molar-refractivity contribution in [3.63, 3.8) is 0 Å². The van der Waals surface area contributed by atoms with Crippen LogP contribution in [0, 0.1) is 5.92 Å². The van der Waals surface area contributed by atoms with Gasteiger partial charge in [-0.15, -0.1) is 0 Å². The SMILES string of the molecule is CC(c1ccccc1)S(=O)(=O)NC(=O)C1CCC(F)(F)CC1. The first kappa shape index (κ1) is 16.9. The lowest BCUT2D eigenvalue weighted by Crippen LogP contribution is -2.40. The lowest BCUT2D eigenvalue weighted by Gasteiger charge is -2.27. The Hall–Kier alpha value is -1.50. The Kier molecular flexibility index (Phi) is 4.84. The standard InChI is InChI=1S/C15H19F2NO3S/c1-11(12-5-3-2-4-6-12)22(20,21)18-14(19)13-7-9-15(16,17)10-8-13/h2-6,11,13H,7-10H2,1H3,(H,18,19). The van der Waals surface area contributed by atoms with Crippen LogP contribution in [0.2, 0.25) is 0 Å². The third-order valence-corrected chi connectivity index (χ3v) is 5.75. The van der Waals surface area contributed by atoms with E-state index < -0.39 is 33.0 Å². The van der Waals surface area contributed by atoms with Gasteiger partial charge in [0, 0.05) is 18.8 Å². The van der Waals surface area contributed by atoms with E-state index in [4.69, 9.17) is 0 Å². The first-order chi connectivity index (χ1) is 10.2. The Morgan fingerprint density at radius 1 is 1.23 bits per heavy atom. The van der Waals surface area contributed by atoms with E-state index >= 15 is 0 Å². The highest BCUT2D eigenvalue weighted by molar-refractivity contribution is 7.90. The third-order valence-electron chi connectivity index (χ3n) is 4.07. The van der Waals surface area contributed by atoms with Crippen LogP contribution in [0.15, 0.2) is 30.3 Å². The molecule has 4 nitrogen and oxygen atoms in total. The van der Waals surface area contributed by atoms with Gasteiger partial charge in [-0.3, -0.25) is 9.52 Å². The quantitative estimate of drug-likeness (QED) is 0.922. The fraction of sp³-hybridized carbons (Fsp3) is 0.533. The van der Waals surface area contributed by atoms with Crippen LogP contribution in [0.4, 0.5) is 8.78 Å². The first-order valence-corrected chi connectivity index (χ1v) is 8.74. The summed E-state index contributed by atoms with van der Waals surface area (Å²) in [5.41, 5.74) is 0.568. The molecule has 0 spiro atoms. The van der Waals surface area contributed by atoms with Gasteiger partial charge in [0.15, 0.2) is 0 Å². The van der Waals surface area contributed by atoms with Crippen molar-refractivity contribution < 1.29 is 22.0 Å². The zero-order chi connectivity index (χ0) is 16.4. The zero-order valence-corrected chi connectivity index (χ0v) is 13.1. The highest BCUT2D eigenvalue weighted by atomic mass is 32.2. The summed E-state index contributed by atoms with van der Waals surface area (Å²) in [5.74, 6) is -4.09. The van der Waals surface area contributed by atoms with Crippen molar-refractivity contribution in [2.24, 2.45) is 5.92 Å². The van der Waals surface area contributed by atoms with Gasteiger partial charge >= 0.3 is 0 Å². The number of hydrogen-bond donors (Lipinski definition) is 1. The molecule has 1 atom stereocenters. The molecule has 2 rings (SSSR count). The van der Waals surface area contributed by atoms with Gasteiger partial charge in [0.05, 0.1) is 0 Å². The molecule has 0 bridgehead atoms. The molecule has 122 valence electrons. The van der Waals surface area contributed by atoms with Crippen molar-refractivity contribution in [3.8, 4) is 0 Å². The number of nitrogens with one attached hydrogen (secondary N) is 1. The molecule has 0 saturated heterocycles.